The second-order valence-corrected chi connectivity index (χ2v) is 7.08. The number of furan rings is 1. The van der Waals surface area contributed by atoms with Crippen molar-refractivity contribution in [2.45, 2.75) is 26.7 Å². The molecule has 0 aliphatic rings. The maximum absolute atomic E-state index is 7.91. The smallest absolute Gasteiger partial charge is 0.212 e. The van der Waals surface area contributed by atoms with E-state index in [2.05, 4.69) is 53.6 Å². The molecule has 0 atom stereocenters. The van der Waals surface area contributed by atoms with Crippen LogP contribution in [-0.4, -0.2) is 0 Å². The Kier molecular flexibility index (Phi) is 3.77. The molecule has 0 bridgehead atoms. The summed E-state index contributed by atoms with van der Waals surface area (Å²) in [6.45, 7) is 14.3. The van der Waals surface area contributed by atoms with Crippen LogP contribution < -0.4 is 4.57 Å². The summed E-state index contributed by atoms with van der Waals surface area (Å²) < 4.78 is 8.30. The van der Waals surface area contributed by atoms with Crippen LogP contribution in [0.15, 0.2) is 53.1 Å². The van der Waals surface area contributed by atoms with Crippen LogP contribution >= 0.6 is 0 Å². The Morgan fingerprint density at radius 3 is 2.62 bits per heavy atom. The predicted octanol–water partition coefficient (Wildman–Crippen LogP) is 6.06. The molecule has 0 N–H and O–H groups in total. The molecule has 0 amide bonds. The zero-order valence-electron chi connectivity index (χ0n) is 15.5. The van der Waals surface area contributed by atoms with Crippen LogP contribution in [0.5, 0.6) is 0 Å². The second-order valence-electron chi connectivity index (χ2n) is 7.08. The third-order valence-electron chi connectivity index (χ3n) is 5.03. The van der Waals surface area contributed by atoms with Gasteiger partial charge in [0, 0.05) is 22.9 Å². The quantitative estimate of drug-likeness (QED) is 0.321. The van der Waals surface area contributed by atoms with Crippen molar-refractivity contribution in [3.63, 3.8) is 0 Å². The lowest BCUT2D eigenvalue weighted by molar-refractivity contribution is -0.660. The molecule has 0 unspecified atom stereocenters. The fourth-order valence-electron chi connectivity index (χ4n) is 3.76. The van der Waals surface area contributed by atoms with Crippen LogP contribution in [0.2, 0.25) is 0 Å². The van der Waals surface area contributed by atoms with E-state index in [0.29, 0.717) is 11.6 Å². The molecule has 2 heterocycles. The SMILES string of the molecule is [C-]#[N+]c1c(-c2cccc[n+]2C)c(C)cc2oc3c(C(C)C)cccc3c12. The van der Waals surface area contributed by atoms with Gasteiger partial charge in [0.1, 0.15) is 18.2 Å². The molecule has 3 nitrogen and oxygen atoms in total. The van der Waals surface area contributed by atoms with Crippen LogP contribution in [0.4, 0.5) is 5.69 Å². The number of nitrogens with zero attached hydrogens (tertiary/aromatic N) is 2. The number of aromatic nitrogens is 1. The first kappa shape index (κ1) is 16.4. The molecule has 2 aromatic carbocycles. The first-order valence-corrected chi connectivity index (χ1v) is 8.84. The molecule has 0 aliphatic heterocycles. The van der Waals surface area contributed by atoms with Gasteiger partial charge in [0.05, 0.1) is 12.1 Å². The molecule has 0 radical (unpaired) electrons. The van der Waals surface area contributed by atoms with Crippen LogP contribution in [0.1, 0.15) is 30.9 Å². The third-order valence-corrected chi connectivity index (χ3v) is 5.03. The molecule has 0 saturated heterocycles. The van der Waals surface area contributed by atoms with Crippen LogP contribution in [-0.2, 0) is 7.05 Å². The standard InChI is InChI=1S/C23H21N2O/c1-14(2)16-9-8-10-17-21-19(26-23(16)17)13-15(3)20(22(21)24-4)18-11-6-7-12-25(18)5/h6-14H,1-3,5H3/q+1. The summed E-state index contributed by atoms with van der Waals surface area (Å²) in [5.74, 6) is 0.364. The van der Waals surface area contributed by atoms with Gasteiger partial charge in [0.25, 0.3) is 0 Å². The molecule has 4 rings (SSSR count). The second kappa shape index (κ2) is 6.00. The lowest BCUT2D eigenvalue weighted by Crippen LogP contribution is -2.30. The Balaban J connectivity index is 2.19. The zero-order chi connectivity index (χ0) is 18.4. The highest BCUT2D eigenvalue weighted by Crippen LogP contribution is 2.44. The fraction of sp³-hybridized carbons (Fsp3) is 0.217. The minimum absolute atomic E-state index is 0.364. The molecule has 2 aromatic heterocycles. The Bertz CT molecular complexity index is 1190. The van der Waals surface area contributed by atoms with Crippen molar-refractivity contribution in [2.24, 2.45) is 7.05 Å². The number of pyridine rings is 1. The molecule has 128 valence electrons. The average molecular weight is 341 g/mol. The molecule has 3 heteroatoms. The average Bonchev–Trinajstić information content (AvgIpc) is 2.99. The first-order valence-electron chi connectivity index (χ1n) is 8.84. The molecule has 0 aliphatic carbocycles. The van der Waals surface area contributed by atoms with Crippen molar-refractivity contribution in [1.82, 2.24) is 0 Å². The summed E-state index contributed by atoms with van der Waals surface area (Å²) in [6, 6.07) is 14.4. The fourth-order valence-corrected chi connectivity index (χ4v) is 3.76. The maximum Gasteiger partial charge on any atom is 0.212 e. The van der Waals surface area contributed by atoms with E-state index in [4.69, 9.17) is 11.0 Å². The number of benzene rings is 2. The van der Waals surface area contributed by atoms with E-state index in [0.717, 1.165) is 38.8 Å². The molecule has 0 saturated carbocycles. The van der Waals surface area contributed by atoms with Gasteiger partial charge >= 0.3 is 0 Å². The van der Waals surface area contributed by atoms with E-state index in [1.165, 1.54) is 5.56 Å². The van der Waals surface area contributed by atoms with Gasteiger partial charge in [-0.05, 0) is 36.1 Å². The van der Waals surface area contributed by atoms with E-state index >= 15 is 0 Å². The van der Waals surface area contributed by atoms with Crippen LogP contribution in [0, 0.1) is 13.5 Å². The Morgan fingerprint density at radius 1 is 1.12 bits per heavy atom. The van der Waals surface area contributed by atoms with Crippen molar-refractivity contribution < 1.29 is 8.98 Å². The number of fused-ring (bicyclic) bond motifs is 3. The first-order chi connectivity index (χ1) is 12.5. The molecule has 0 spiro atoms. The van der Waals surface area contributed by atoms with Crippen molar-refractivity contribution in [1.29, 1.82) is 0 Å². The summed E-state index contributed by atoms with van der Waals surface area (Å²) in [6.07, 6.45) is 2.01. The number of rotatable bonds is 2. The Morgan fingerprint density at radius 2 is 1.92 bits per heavy atom. The number of hydrogen-bond donors (Lipinski definition) is 0. The molecule has 0 fully saturated rings. The van der Waals surface area contributed by atoms with Crippen molar-refractivity contribution in [3.8, 4) is 11.3 Å². The van der Waals surface area contributed by atoms with Gasteiger partial charge in [-0.1, -0.05) is 32.0 Å². The van der Waals surface area contributed by atoms with Crippen molar-refractivity contribution in [2.75, 3.05) is 0 Å². The Hall–Kier alpha value is -3.12. The predicted molar refractivity (Wildman–Crippen MR) is 105 cm³/mol. The molecular weight excluding hydrogens is 320 g/mol. The highest BCUT2D eigenvalue weighted by molar-refractivity contribution is 6.16. The van der Waals surface area contributed by atoms with Crippen molar-refractivity contribution >= 4 is 27.6 Å². The summed E-state index contributed by atoms with van der Waals surface area (Å²) in [4.78, 5) is 3.95. The summed E-state index contributed by atoms with van der Waals surface area (Å²) in [5.41, 5.74) is 6.60. The van der Waals surface area contributed by atoms with E-state index in [1.54, 1.807) is 0 Å². The highest BCUT2D eigenvalue weighted by atomic mass is 16.3. The van der Waals surface area contributed by atoms with Crippen molar-refractivity contribution in [3.05, 3.63) is 71.2 Å². The summed E-state index contributed by atoms with van der Waals surface area (Å²) in [7, 11) is 2.01. The highest BCUT2D eigenvalue weighted by Gasteiger charge is 2.23. The number of para-hydroxylation sites is 1. The minimum atomic E-state index is 0.364. The van der Waals surface area contributed by atoms with Crippen LogP contribution in [0.25, 0.3) is 38.0 Å². The van der Waals surface area contributed by atoms with Gasteiger partial charge in [0.15, 0.2) is 6.20 Å². The monoisotopic (exact) mass is 341 g/mol. The zero-order valence-corrected chi connectivity index (χ0v) is 15.5. The third kappa shape index (κ3) is 2.30. The van der Waals surface area contributed by atoms with Gasteiger partial charge < -0.3 is 4.42 Å². The molecule has 4 aromatic rings. The van der Waals surface area contributed by atoms with Gasteiger partial charge in [-0.15, -0.1) is 0 Å². The van der Waals surface area contributed by atoms with Gasteiger partial charge in [-0.2, -0.15) is 0 Å². The number of aryl methyl sites for hydroxylation is 2. The van der Waals surface area contributed by atoms with Gasteiger partial charge in [-0.3, -0.25) is 0 Å². The largest absolute Gasteiger partial charge is 0.457 e. The van der Waals surface area contributed by atoms with Gasteiger partial charge in [-0.25, -0.2) is 9.41 Å². The maximum atomic E-state index is 7.91. The van der Waals surface area contributed by atoms with Crippen LogP contribution in [0.3, 0.4) is 0 Å². The lowest BCUT2D eigenvalue weighted by atomic mass is 9.96. The van der Waals surface area contributed by atoms with Gasteiger partial charge in [0.2, 0.25) is 11.4 Å². The summed E-state index contributed by atoms with van der Waals surface area (Å²) in [5, 5.41) is 1.94. The number of hydrogen-bond acceptors (Lipinski definition) is 1. The molecule has 26 heavy (non-hydrogen) atoms. The van der Waals surface area contributed by atoms with E-state index in [9.17, 15) is 0 Å². The summed E-state index contributed by atoms with van der Waals surface area (Å²) >= 11 is 0. The lowest BCUT2D eigenvalue weighted by Gasteiger charge is -2.08. The normalized spacial score (nSPS) is 11.4. The van der Waals surface area contributed by atoms with E-state index in [1.807, 2.05) is 32.3 Å². The minimum Gasteiger partial charge on any atom is -0.457 e. The van der Waals surface area contributed by atoms with E-state index < -0.39 is 0 Å². The molecular formula is C23H21N2O+. The Labute approximate surface area is 153 Å². The topological polar surface area (TPSA) is 21.4 Å². The van der Waals surface area contributed by atoms with E-state index in [-0.39, 0.29) is 0 Å².